The monoisotopic (exact) mass is 293 g/mol. The van der Waals surface area contributed by atoms with Gasteiger partial charge in [-0.3, -0.25) is 9.63 Å². The van der Waals surface area contributed by atoms with Crippen LogP contribution in [0.5, 0.6) is 5.75 Å². The molecule has 1 aromatic carbocycles. The lowest BCUT2D eigenvalue weighted by Gasteiger charge is -2.17. The van der Waals surface area contributed by atoms with E-state index in [0.29, 0.717) is 18.9 Å². The standard InChI is InChI=1S/C15H19NO5/c1-10(13(17)18)21-12-6-4-11(5-7-12)8-16-14(19)15(2,3)9-20-16/h4-7,10H,8-9H2,1-3H3,(H,17,18). The quantitative estimate of drug-likeness (QED) is 0.896. The average molecular weight is 293 g/mol. The van der Waals surface area contributed by atoms with Crippen LogP contribution in [0.4, 0.5) is 0 Å². The minimum Gasteiger partial charge on any atom is -0.479 e. The third-order valence-electron chi connectivity index (χ3n) is 3.30. The minimum absolute atomic E-state index is 0.0395. The van der Waals surface area contributed by atoms with E-state index in [1.807, 2.05) is 13.8 Å². The van der Waals surface area contributed by atoms with E-state index in [1.165, 1.54) is 12.0 Å². The maximum atomic E-state index is 12.0. The van der Waals surface area contributed by atoms with Crippen molar-refractivity contribution in [3.8, 4) is 5.75 Å². The topological polar surface area (TPSA) is 76.1 Å². The number of hydrogen-bond acceptors (Lipinski definition) is 4. The molecule has 0 aliphatic carbocycles. The predicted molar refractivity (Wildman–Crippen MR) is 74.5 cm³/mol. The molecule has 1 aliphatic rings. The number of carbonyl (C=O) groups is 2. The Labute approximate surface area is 123 Å². The minimum atomic E-state index is -1.02. The molecule has 6 nitrogen and oxygen atoms in total. The Kier molecular flexibility index (Phi) is 4.18. The van der Waals surface area contributed by atoms with Gasteiger partial charge in [-0.05, 0) is 38.5 Å². The van der Waals surface area contributed by atoms with Gasteiger partial charge in [0.05, 0.1) is 18.6 Å². The van der Waals surface area contributed by atoms with Crippen LogP contribution in [0.3, 0.4) is 0 Å². The summed E-state index contributed by atoms with van der Waals surface area (Å²) < 4.78 is 5.24. The van der Waals surface area contributed by atoms with Crippen molar-refractivity contribution in [3.63, 3.8) is 0 Å². The van der Waals surface area contributed by atoms with Gasteiger partial charge >= 0.3 is 5.97 Å². The second-order valence-electron chi connectivity index (χ2n) is 5.74. The lowest BCUT2D eigenvalue weighted by atomic mass is 9.95. The fourth-order valence-electron chi connectivity index (χ4n) is 1.91. The number of carboxylic acids is 1. The SMILES string of the molecule is CC(Oc1ccc(CN2OCC(C)(C)C2=O)cc1)C(=O)O. The van der Waals surface area contributed by atoms with Crippen molar-refractivity contribution in [2.45, 2.75) is 33.4 Å². The number of rotatable bonds is 5. The van der Waals surface area contributed by atoms with Crippen LogP contribution >= 0.6 is 0 Å². The zero-order chi connectivity index (χ0) is 15.6. The summed E-state index contributed by atoms with van der Waals surface area (Å²) in [5.74, 6) is -0.581. The van der Waals surface area contributed by atoms with Crippen LogP contribution in [0.25, 0.3) is 0 Å². The summed E-state index contributed by atoms with van der Waals surface area (Å²) >= 11 is 0. The molecule has 0 bridgehead atoms. The zero-order valence-corrected chi connectivity index (χ0v) is 12.3. The highest BCUT2D eigenvalue weighted by molar-refractivity contribution is 5.82. The second kappa shape index (κ2) is 5.73. The third-order valence-corrected chi connectivity index (χ3v) is 3.30. The zero-order valence-electron chi connectivity index (χ0n) is 12.3. The molecule has 0 radical (unpaired) electrons. The molecule has 0 spiro atoms. The highest BCUT2D eigenvalue weighted by Crippen LogP contribution is 2.28. The van der Waals surface area contributed by atoms with Crippen molar-refractivity contribution in [1.29, 1.82) is 0 Å². The summed E-state index contributed by atoms with van der Waals surface area (Å²) in [6, 6.07) is 6.93. The lowest BCUT2D eigenvalue weighted by Crippen LogP contribution is -2.30. The van der Waals surface area contributed by atoms with E-state index in [9.17, 15) is 9.59 Å². The first-order chi connectivity index (χ1) is 9.79. The molecule has 114 valence electrons. The molecule has 6 heteroatoms. The number of hydroxylamine groups is 2. The molecule has 1 N–H and O–H groups in total. The van der Waals surface area contributed by atoms with Crippen molar-refractivity contribution >= 4 is 11.9 Å². The number of amides is 1. The van der Waals surface area contributed by atoms with E-state index in [1.54, 1.807) is 24.3 Å². The second-order valence-corrected chi connectivity index (χ2v) is 5.74. The molecular formula is C15H19NO5. The molecule has 2 rings (SSSR count). The number of ether oxygens (including phenoxy) is 1. The van der Waals surface area contributed by atoms with Gasteiger partial charge in [-0.2, -0.15) is 0 Å². The molecule has 1 heterocycles. The van der Waals surface area contributed by atoms with Gasteiger partial charge in [-0.15, -0.1) is 0 Å². The normalized spacial score (nSPS) is 18.6. The molecule has 1 saturated heterocycles. The molecule has 1 atom stereocenters. The van der Waals surface area contributed by atoms with E-state index in [2.05, 4.69) is 0 Å². The van der Waals surface area contributed by atoms with Crippen molar-refractivity contribution < 1.29 is 24.3 Å². The average Bonchev–Trinajstić information content (AvgIpc) is 2.68. The van der Waals surface area contributed by atoms with Crippen molar-refractivity contribution in [2.75, 3.05) is 6.61 Å². The van der Waals surface area contributed by atoms with Gasteiger partial charge in [0, 0.05) is 0 Å². The van der Waals surface area contributed by atoms with Gasteiger partial charge < -0.3 is 9.84 Å². The van der Waals surface area contributed by atoms with E-state index in [-0.39, 0.29) is 5.91 Å². The first kappa shape index (κ1) is 15.3. The number of benzene rings is 1. The molecule has 1 aliphatic heterocycles. The Hall–Kier alpha value is -2.08. The largest absolute Gasteiger partial charge is 0.479 e. The molecule has 21 heavy (non-hydrogen) atoms. The van der Waals surface area contributed by atoms with Crippen LogP contribution in [0.2, 0.25) is 0 Å². The summed E-state index contributed by atoms with van der Waals surface area (Å²) in [7, 11) is 0. The van der Waals surface area contributed by atoms with Gasteiger partial charge in [-0.1, -0.05) is 12.1 Å². The Bertz CT molecular complexity index is 537. The Balaban J connectivity index is 1.97. The molecular weight excluding hydrogens is 274 g/mol. The molecule has 1 amide bonds. The van der Waals surface area contributed by atoms with Gasteiger partial charge in [0.1, 0.15) is 5.75 Å². The Morgan fingerprint density at radius 3 is 2.52 bits per heavy atom. The molecule has 0 aromatic heterocycles. The molecule has 1 fully saturated rings. The number of carboxylic acid groups (broad SMARTS) is 1. The van der Waals surface area contributed by atoms with Crippen molar-refractivity contribution in [2.24, 2.45) is 5.41 Å². The predicted octanol–water partition coefficient (Wildman–Crippen LogP) is 1.84. The Morgan fingerprint density at radius 2 is 2.05 bits per heavy atom. The summed E-state index contributed by atoms with van der Waals surface area (Å²) in [4.78, 5) is 28.1. The van der Waals surface area contributed by atoms with Crippen LogP contribution < -0.4 is 4.74 Å². The number of carbonyl (C=O) groups excluding carboxylic acids is 1. The highest BCUT2D eigenvalue weighted by atomic mass is 16.7. The van der Waals surface area contributed by atoms with Crippen LogP contribution in [0.1, 0.15) is 26.3 Å². The van der Waals surface area contributed by atoms with E-state index in [0.717, 1.165) is 5.56 Å². The maximum Gasteiger partial charge on any atom is 0.344 e. The van der Waals surface area contributed by atoms with Crippen LogP contribution in [0, 0.1) is 5.41 Å². The molecule has 1 unspecified atom stereocenters. The van der Waals surface area contributed by atoms with E-state index >= 15 is 0 Å². The summed E-state index contributed by atoms with van der Waals surface area (Å²) in [6.45, 7) is 5.90. The third kappa shape index (κ3) is 3.52. The smallest absolute Gasteiger partial charge is 0.344 e. The van der Waals surface area contributed by atoms with Crippen molar-refractivity contribution in [1.82, 2.24) is 5.06 Å². The van der Waals surface area contributed by atoms with Crippen LogP contribution in [-0.2, 0) is 21.0 Å². The molecule has 1 aromatic rings. The van der Waals surface area contributed by atoms with Crippen LogP contribution in [0.15, 0.2) is 24.3 Å². The number of hydrogen-bond donors (Lipinski definition) is 1. The van der Waals surface area contributed by atoms with Gasteiger partial charge in [0.25, 0.3) is 5.91 Å². The molecule has 0 saturated carbocycles. The highest BCUT2D eigenvalue weighted by Gasteiger charge is 2.40. The Morgan fingerprint density at radius 1 is 1.43 bits per heavy atom. The van der Waals surface area contributed by atoms with E-state index in [4.69, 9.17) is 14.7 Å². The first-order valence-electron chi connectivity index (χ1n) is 6.73. The van der Waals surface area contributed by atoms with Crippen LogP contribution in [-0.4, -0.2) is 34.8 Å². The van der Waals surface area contributed by atoms with Gasteiger partial charge in [0.15, 0.2) is 6.10 Å². The van der Waals surface area contributed by atoms with Gasteiger partial charge in [-0.25, -0.2) is 9.86 Å². The van der Waals surface area contributed by atoms with Crippen molar-refractivity contribution in [3.05, 3.63) is 29.8 Å². The summed E-state index contributed by atoms with van der Waals surface area (Å²) in [6.07, 6.45) is -0.903. The fraction of sp³-hybridized carbons (Fsp3) is 0.467. The number of nitrogens with zero attached hydrogens (tertiary/aromatic N) is 1. The summed E-state index contributed by atoms with van der Waals surface area (Å²) in [5.41, 5.74) is 0.399. The summed E-state index contributed by atoms with van der Waals surface area (Å²) in [5, 5.41) is 10.1. The number of aliphatic carboxylic acids is 1. The van der Waals surface area contributed by atoms with E-state index < -0.39 is 17.5 Å². The van der Waals surface area contributed by atoms with Gasteiger partial charge in [0.2, 0.25) is 0 Å². The fourth-order valence-corrected chi connectivity index (χ4v) is 1.91. The lowest BCUT2D eigenvalue weighted by molar-refractivity contribution is -0.165. The maximum absolute atomic E-state index is 12.0. The first-order valence-corrected chi connectivity index (χ1v) is 6.73.